The summed E-state index contributed by atoms with van der Waals surface area (Å²) in [5.74, 6) is 0.180. The smallest absolute Gasteiger partial charge is 0.306 e. The van der Waals surface area contributed by atoms with Crippen molar-refractivity contribution in [3.63, 3.8) is 0 Å². The van der Waals surface area contributed by atoms with E-state index in [1.54, 1.807) is 32.9 Å². The fourth-order valence-corrected chi connectivity index (χ4v) is 5.74. The highest BCUT2D eigenvalue weighted by Gasteiger charge is 2.54. The average molecular weight is 646 g/mol. The molecular weight excluding hydrogens is 604 g/mol. The van der Waals surface area contributed by atoms with Gasteiger partial charge in [0.2, 0.25) is 5.90 Å². The van der Waals surface area contributed by atoms with Gasteiger partial charge in [-0.1, -0.05) is 34.1 Å². The number of amides is 1. The summed E-state index contributed by atoms with van der Waals surface area (Å²) in [6.07, 6.45) is 1.92. The van der Waals surface area contributed by atoms with Crippen molar-refractivity contribution in [3.05, 3.63) is 64.1 Å². The lowest BCUT2D eigenvalue weighted by Crippen LogP contribution is -2.52. The molecule has 1 saturated carbocycles. The number of hydrogen-bond acceptors (Lipinski definition) is 8. The molecule has 2 aromatic carbocycles. The van der Waals surface area contributed by atoms with Crippen molar-refractivity contribution in [2.24, 2.45) is 4.99 Å². The molecular formula is C32H41BrN2O7. The first-order valence-corrected chi connectivity index (χ1v) is 15.4. The number of carbonyl (C=O) groups excluding carboxylic acids is 2. The molecule has 0 radical (unpaired) electrons. The van der Waals surface area contributed by atoms with Crippen LogP contribution in [0.25, 0.3) is 0 Å². The largest absolute Gasteiger partial charge is 0.494 e. The summed E-state index contributed by atoms with van der Waals surface area (Å²) in [5.41, 5.74) is -0.727. The van der Waals surface area contributed by atoms with E-state index < -0.39 is 23.2 Å². The minimum atomic E-state index is -1.46. The van der Waals surface area contributed by atoms with Gasteiger partial charge in [0.1, 0.15) is 11.4 Å². The van der Waals surface area contributed by atoms with E-state index >= 15 is 0 Å². The lowest BCUT2D eigenvalue weighted by Gasteiger charge is -2.34. The number of ether oxygens (including phenoxy) is 3. The molecule has 1 amide bonds. The number of hydrogen-bond donors (Lipinski definition) is 3. The maximum atomic E-state index is 14.3. The van der Waals surface area contributed by atoms with Gasteiger partial charge in [-0.3, -0.25) is 9.59 Å². The van der Waals surface area contributed by atoms with Crippen LogP contribution in [0.2, 0.25) is 0 Å². The van der Waals surface area contributed by atoms with Crippen LogP contribution in [-0.4, -0.2) is 64.5 Å². The topological polar surface area (TPSA) is 127 Å². The molecule has 9 nitrogen and oxygen atoms in total. The van der Waals surface area contributed by atoms with E-state index in [4.69, 9.17) is 24.3 Å². The van der Waals surface area contributed by atoms with Crippen LogP contribution in [0.3, 0.4) is 0 Å². The summed E-state index contributed by atoms with van der Waals surface area (Å²) >= 11 is 3.63. The molecule has 0 bridgehead atoms. The molecule has 1 fully saturated rings. The molecule has 3 N–H and O–H groups in total. The van der Waals surface area contributed by atoms with Gasteiger partial charge in [0, 0.05) is 41.1 Å². The monoisotopic (exact) mass is 644 g/mol. The number of halogens is 1. The van der Waals surface area contributed by atoms with Gasteiger partial charge in [-0.25, -0.2) is 4.99 Å². The second-order valence-corrected chi connectivity index (χ2v) is 12.7. The Labute approximate surface area is 255 Å². The lowest BCUT2D eigenvalue weighted by molar-refractivity contribution is -0.155. The van der Waals surface area contributed by atoms with Gasteiger partial charge in [-0.05, 0) is 83.2 Å². The van der Waals surface area contributed by atoms with Crippen LogP contribution < -0.4 is 10.1 Å². The number of esters is 1. The van der Waals surface area contributed by atoms with E-state index in [9.17, 15) is 14.7 Å². The summed E-state index contributed by atoms with van der Waals surface area (Å²) in [4.78, 5) is 32.2. The van der Waals surface area contributed by atoms with Gasteiger partial charge >= 0.3 is 5.97 Å². The van der Waals surface area contributed by atoms with Gasteiger partial charge < -0.3 is 29.7 Å². The summed E-state index contributed by atoms with van der Waals surface area (Å²) < 4.78 is 18.5. The van der Waals surface area contributed by atoms with Crippen molar-refractivity contribution in [2.45, 2.75) is 95.1 Å². The first-order chi connectivity index (χ1) is 20.0. The maximum Gasteiger partial charge on any atom is 0.306 e. The molecule has 1 heterocycles. The van der Waals surface area contributed by atoms with Gasteiger partial charge in [-0.2, -0.15) is 0 Å². The minimum absolute atomic E-state index is 0.0349. The van der Waals surface area contributed by atoms with Gasteiger partial charge in [0.25, 0.3) is 5.91 Å². The first-order valence-electron chi connectivity index (χ1n) is 14.6. The van der Waals surface area contributed by atoms with Crippen LogP contribution in [0, 0.1) is 0 Å². The molecule has 2 atom stereocenters. The Morgan fingerprint density at radius 3 is 2.43 bits per heavy atom. The molecule has 42 heavy (non-hydrogen) atoms. The van der Waals surface area contributed by atoms with Crippen molar-refractivity contribution in [3.8, 4) is 5.75 Å². The summed E-state index contributed by atoms with van der Waals surface area (Å²) in [7, 11) is 0. The second-order valence-electron chi connectivity index (χ2n) is 11.9. The zero-order valence-corrected chi connectivity index (χ0v) is 26.1. The molecule has 0 spiro atoms. The third-order valence-electron chi connectivity index (χ3n) is 7.38. The second kappa shape index (κ2) is 14.0. The number of rotatable bonds is 11. The summed E-state index contributed by atoms with van der Waals surface area (Å²) in [6.45, 7) is 5.86. The average Bonchev–Trinajstić information content (AvgIpc) is 3.34. The van der Waals surface area contributed by atoms with Gasteiger partial charge in [0.15, 0.2) is 11.6 Å². The zero-order valence-electron chi connectivity index (χ0n) is 24.5. The fraction of sp³-hybridized carbons (Fsp3) is 0.531. The SMILES string of the molecule is CC(C)(C)OC(=O)CC[C@@]1(C(=O)NC2CCC(O)CC2)N=C(c2ccc(OCCCO)cc2)O[C@@H]1c1ccccc1Br. The Hall–Kier alpha value is -2.95. The summed E-state index contributed by atoms with van der Waals surface area (Å²) in [5, 5.41) is 22.2. The van der Waals surface area contributed by atoms with E-state index in [1.165, 1.54) is 0 Å². The Morgan fingerprint density at radius 1 is 1.10 bits per heavy atom. The van der Waals surface area contributed by atoms with E-state index in [-0.39, 0.29) is 43.4 Å². The highest BCUT2D eigenvalue weighted by molar-refractivity contribution is 9.10. The first kappa shape index (κ1) is 32.0. The molecule has 2 aliphatic rings. The van der Waals surface area contributed by atoms with E-state index in [2.05, 4.69) is 21.2 Å². The zero-order chi connectivity index (χ0) is 30.3. The molecule has 4 rings (SSSR count). The maximum absolute atomic E-state index is 14.3. The number of nitrogens with zero attached hydrogens (tertiary/aromatic N) is 1. The third kappa shape index (κ3) is 8.11. The molecule has 0 aromatic heterocycles. The predicted octanol–water partition coefficient (Wildman–Crippen LogP) is 5.01. The van der Waals surface area contributed by atoms with Crippen LogP contribution >= 0.6 is 15.9 Å². The molecule has 0 unspecified atom stereocenters. The van der Waals surface area contributed by atoms with E-state index in [0.29, 0.717) is 50.0 Å². The van der Waals surface area contributed by atoms with E-state index in [1.807, 2.05) is 36.4 Å². The number of carbonyl (C=O) groups is 2. The Morgan fingerprint density at radius 2 is 1.79 bits per heavy atom. The van der Waals surface area contributed by atoms with Crippen LogP contribution in [-0.2, 0) is 19.1 Å². The van der Waals surface area contributed by atoms with Gasteiger partial charge in [-0.15, -0.1) is 0 Å². The molecule has 1 aliphatic heterocycles. The Balaban J connectivity index is 1.71. The van der Waals surface area contributed by atoms with Crippen molar-refractivity contribution >= 4 is 33.7 Å². The minimum Gasteiger partial charge on any atom is -0.494 e. The van der Waals surface area contributed by atoms with Crippen LogP contribution in [0.1, 0.15) is 82.9 Å². The summed E-state index contributed by atoms with van der Waals surface area (Å²) in [6, 6.07) is 14.6. The Kier molecular flexibility index (Phi) is 10.7. The van der Waals surface area contributed by atoms with Crippen molar-refractivity contribution in [1.82, 2.24) is 5.32 Å². The quantitative estimate of drug-likeness (QED) is 0.232. The number of benzene rings is 2. The lowest BCUT2D eigenvalue weighted by atomic mass is 9.82. The molecule has 228 valence electrons. The van der Waals surface area contributed by atoms with Crippen molar-refractivity contribution < 1.29 is 34.0 Å². The van der Waals surface area contributed by atoms with Crippen LogP contribution in [0.4, 0.5) is 0 Å². The normalized spacial score (nSPS) is 24.0. The fourth-order valence-electron chi connectivity index (χ4n) is 5.25. The van der Waals surface area contributed by atoms with E-state index in [0.717, 1.165) is 10.0 Å². The number of aliphatic imine (C=N–C) groups is 1. The number of nitrogens with one attached hydrogen (secondary N) is 1. The third-order valence-corrected chi connectivity index (χ3v) is 8.10. The number of aliphatic hydroxyl groups is 2. The van der Waals surface area contributed by atoms with Crippen LogP contribution in [0.15, 0.2) is 58.0 Å². The highest BCUT2D eigenvalue weighted by Crippen LogP contribution is 2.45. The number of aliphatic hydroxyl groups excluding tert-OH is 2. The molecule has 2 aromatic rings. The van der Waals surface area contributed by atoms with Crippen molar-refractivity contribution in [1.29, 1.82) is 0 Å². The van der Waals surface area contributed by atoms with Gasteiger partial charge in [0.05, 0.1) is 12.7 Å². The molecule has 1 aliphatic carbocycles. The molecule has 10 heteroatoms. The van der Waals surface area contributed by atoms with Crippen LogP contribution in [0.5, 0.6) is 5.75 Å². The van der Waals surface area contributed by atoms with Crippen molar-refractivity contribution in [2.75, 3.05) is 13.2 Å². The Bertz CT molecular complexity index is 1250. The standard InChI is InChI=1S/C32H41BrN2O7/c1-31(2,3)42-27(38)17-18-32(30(39)34-22-11-13-23(37)14-12-22)28(25-7-4-5-8-26(25)33)41-29(35-32)21-9-15-24(16-10-21)40-20-6-19-36/h4-5,7-10,15-16,22-23,28,36-37H,6,11-14,17-20H2,1-3H3,(H,34,39)/t22?,23?,28-,32-/m1/s1. The highest BCUT2D eigenvalue weighted by atomic mass is 79.9. The predicted molar refractivity (Wildman–Crippen MR) is 162 cm³/mol. The molecule has 0 saturated heterocycles.